The second-order valence-corrected chi connectivity index (χ2v) is 15.5. The average Bonchev–Trinajstić information content (AvgIpc) is 4.04. The molecule has 0 saturated heterocycles. The monoisotopic (exact) mass is 733 g/mol. The summed E-state index contributed by atoms with van der Waals surface area (Å²) in [6.07, 6.45) is 0. The predicted molar refractivity (Wildman–Crippen MR) is 231 cm³/mol. The second kappa shape index (κ2) is 11.1. The van der Waals surface area contributed by atoms with E-state index < -0.39 is 0 Å². The van der Waals surface area contributed by atoms with Crippen LogP contribution >= 0.6 is 11.3 Å². The number of aromatic nitrogens is 5. The van der Waals surface area contributed by atoms with Crippen LogP contribution in [0, 0.1) is 0 Å². The van der Waals surface area contributed by atoms with Crippen molar-refractivity contribution in [3.63, 3.8) is 0 Å². The second-order valence-electron chi connectivity index (χ2n) is 14.4. The van der Waals surface area contributed by atoms with Crippen LogP contribution in [0.4, 0.5) is 0 Å². The molecule has 0 saturated carbocycles. The third-order valence-corrected chi connectivity index (χ3v) is 12.5. The highest BCUT2D eigenvalue weighted by molar-refractivity contribution is 7.27. The van der Waals surface area contributed by atoms with E-state index >= 15 is 0 Å². The van der Waals surface area contributed by atoms with E-state index in [-0.39, 0.29) is 0 Å². The van der Waals surface area contributed by atoms with Crippen molar-refractivity contribution >= 4 is 103 Å². The van der Waals surface area contributed by atoms with Crippen molar-refractivity contribution in [3.05, 3.63) is 164 Å². The van der Waals surface area contributed by atoms with Gasteiger partial charge in [0.05, 0.1) is 26.9 Å². The van der Waals surface area contributed by atoms with E-state index in [1.165, 1.54) is 47.2 Å². The summed E-state index contributed by atoms with van der Waals surface area (Å²) < 4.78 is 13.2. The zero-order valence-electron chi connectivity index (χ0n) is 29.6. The van der Waals surface area contributed by atoms with E-state index in [4.69, 9.17) is 19.5 Å². The van der Waals surface area contributed by atoms with Gasteiger partial charge in [-0.05, 0) is 59.3 Å². The summed E-state index contributed by atoms with van der Waals surface area (Å²) in [5, 5.41) is 16.0. The number of para-hydroxylation sites is 3. The van der Waals surface area contributed by atoms with Crippen molar-refractivity contribution in [2.24, 2.45) is 0 Å². The molecule has 5 aromatic heterocycles. The summed E-state index contributed by atoms with van der Waals surface area (Å²) in [5.74, 6) is 1.16. The lowest BCUT2D eigenvalue weighted by Crippen LogP contribution is -1.97. The summed E-state index contributed by atoms with van der Waals surface area (Å²) in [7, 11) is 0. The van der Waals surface area contributed by atoms with Crippen molar-refractivity contribution < 1.29 is 4.42 Å². The zero-order chi connectivity index (χ0) is 36.5. The number of furan rings is 1. The highest BCUT2D eigenvalue weighted by atomic mass is 32.1. The van der Waals surface area contributed by atoms with Gasteiger partial charge >= 0.3 is 0 Å². The molecule has 8 aromatic carbocycles. The molecule has 260 valence electrons. The minimum absolute atomic E-state index is 0.541. The first kappa shape index (κ1) is 30.0. The third kappa shape index (κ3) is 4.06. The molecule has 0 N–H and O–H groups in total. The molecule has 0 bridgehead atoms. The van der Waals surface area contributed by atoms with Crippen molar-refractivity contribution in [2.75, 3.05) is 0 Å². The van der Waals surface area contributed by atoms with Crippen LogP contribution in [-0.4, -0.2) is 24.1 Å². The van der Waals surface area contributed by atoms with E-state index in [1.54, 1.807) is 0 Å². The Labute approximate surface area is 322 Å². The SMILES string of the molecule is c1cc(-c2nc3nc(-c4ccc5c(c4)oc4ccccc45)c4ccccc4n3n2)cc(-n2c3ccccc3c3c4ccccc4c4c5ccccc5sc4c32)c1. The molecule has 7 heteroatoms. The number of benzene rings is 8. The van der Waals surface area contributed by atoms with Gasteiger partial charge in [0.15, 0.2) is 5.82 Å². The molecule has 56 heavy (non-hydrogen) atoms. The van der Waals surface area contributed by atoms with E-state index in [2.05, 4.69) is 138 Å². The largest absolute Gasteiger partial charge is 0.456 e. The maximum atomic E-state index is 6.27. The number of hydrogen-bond acceptors (Lipinski definition) is 5. The van der Waals surface area contributed by atoms with Gasteiger partial charge in [0, 0.05) is 59.2 Å². The van der Waals surface area contributed by atoms with Gasteiger partial charge in [0.2, 0.25) is 0 Å². The molecule has 0 aliphatic rings. The number of nitrogens with zero attached hydrogens (tertiary/aromatic N) is 5. The first-order valence-corrected chi connectivity index (χ1v) is 19.5. The van der Waals surface area contributed by atoms with Gasteiger partial charge < -0.3 is 8.98 Å². The van der Waals surface area contributed by atoms with Gasteiger partial charge in [-0.15, -0.1) is 16.4 Å². The predicted octanol–water partition coefficient (Wildman–Crippen LogP) is 13.1. The Morgan fingerprint density at radius 2 is 1.18 bits per heavy atom. The fourth-order valence-corrected chi connectivity index (χ4v) is 10.2. The molecule has 5 heterocycles. The molecule has 0 spiro atoms. The van der Waals surface area contributed by atoms with E-state index in [0.29, 0.717) is 11.6 Å². The van der Waals surface area contributed by atoms with Crippen LogP contribution in [0.3, 0.4) is 0 Å². The number of thiophene rings is 1. The van der Waals surface area contributed by atoms with Crippen LogP contribution in [0.1, 0.15) is 0 Å². The number of rotatable bonds is 3. The van der Waals surface area contributed by atoms with Gasteiger partial charge in [0.25, 0.3) is 5.78 Å². The lowest BCUT2D eigenvalue weighted by Gasteiger charge is -2.11. The van der Waals surface area contributed by atoms with Crippen LogP contribution in [0.15, 0.2) is 168 Å². The minimum atomic E-state index is 0.541. The van der Waals surface area contributed by atoms with Crippen LogP contribution < -0.4 is 0 Å². The van der Waals surface area contributed by atoms with Gasteiger partial charge in [-0.2, -0.15) is 9.50 Å². The molecule has 0 atom stereocenters. The molecule has 0 aliphatic carbocycles. The Hall–Kier alpha value is -7.35. The van der Waals surface area contributed by atoms with E-state index in [9.17, 15) is 0 Å². The van der Waals surface area contributed by atoms with Crippen LogP contribution in [0.2, 0.25) is 0 Å². The summed E-state index contributed by atoms with van der Waals surface area (Å²) in [4.78, 5) is 10.3. The highest BCUT2D eigenvalue weighted by Gasteiger charge is 2.22. The molecule has 6 nitrogen and oxygen atoms in total. The summed E-state index contributed by atoms with van der Waals surface area (Å²) >= 11 is 1.87. The van der Waals surface area contributed by atoms with Gasteiger partial charge in [-0.25, -0.2) is 4.98 Å². The standard InChI is InChI=1S/C49H27N5OS/c1-2-16-34-33(15-1)43-35-17-3-7-20-38(35)53(46(43)47-44(34)37-19-6-10-23-42(37)56-47)30-13-11-12-29(26-30)48-51-49-50-45(36-18-4-8-21-39(36)54(49)52-48)28-24-25-32-31-14-5-9-22-40(31)55-41(32)27-28/h1-27H. The maximum Gasteiger partial charge on any atom is 0.253 e. The summed E-state index contributed by atoms with van der Waals surface area (Å²) in [5.41, 5.74) is 8.81. The molecular formula is C49H27N5OS. The van der Waals surface area contributed by atoms with Crippen molar-refractivity contribution in [3.8, 4) is 28.3 Å². The minimum Gasteiger partial charge on any atom is -0.456 e. The number of fused-ring (bicyclic) bond motifs is 16. The van der Waals surface area contributed by atoms with Crippen LogP contribution in [0.5, 0.6) is 0 Å². The average molecular weight is 734 g/mol. The van der Waals surface area contributed by atoms with Crippen molar-refractivity contribution in [1.82, 2.24) is 24.1 Å². The van der Waals surface area contributed by atoms with Gasteiger partial charge in [-0.1, -0.05) is 115 Å². The first-order valence-electron chi connectivity index (χ1n) is 18.7. The molecule has 13 rings (SSSR count). The lowest BCUT2D eigenvalue weighted by molar-refractivity contribution is 0.669. The van der Waals surface area contributed by atoms with Crippen LogP contribution in [-0.2, 0) is 0 Å². The van der Waals surface area contributed by atoms with Crippen molar-refractivity contribution in [1.29, 1.82) is 0 Å². The van der Waals surface area contributed by atoms with E-state index in [1.807, 2.05) is 46.2 Å². The normalized spacial score (nSPS) is 12.3. The Bertz CT molecular complexity index is 3790. The number of hydrogen-bond donors (Lipinski definition) is 0. The third-order valence-electron chi connectivity index (χ3n) is 11.4. The smallest absolute Gasteiger partial charge is 0.253 e. The summed E-state index contributed by atoms with van der Waals surface area (Å²) in [6, 6.07) is 57.8. The highest BCUT2D eigenvalue weighted by Crippen LogP contribution is 2.48. The Morgan fingerprint density at radius 1 is 0.482 bits per heavy atom. The Kier molecular flexibility index (Phi) is 5.95. The topological polar surface area (TPSA) is 61.1 Å². The molecule has 0 amide bonds. The molecule has 0 fully saturated rings. The molecule has 0 radical (unpaired) electrons. The van der Waals surface area contributed by atoms with Crippen LogP contribution in [0.25, 0.3) is 120 Å². The fourth-order valence-electron chi connectivity index (χ4n) is 8.95. The van der Waals surface area contributed by atoms with Crippen molar-refractivity contribution in [2.45, 2.75) is 0 Å². The van der Waals surface area contributed by atoms with Gasteiger partial charge in [0.1, 0.15) is 11.2 Å². The molecule has 0 aliphatic heterocycles. The Balaban J connectivity index is 1.03. The molecule has 13 aromatic rings. The summed E-state index contributed by atoms with van der Waals surface area (Å²) in [6.45, 7) is 0. The molecule has 0 unspecified atom stereocenters. The molecular weight excluding hydrogens is 707 g/mol. The lowest BCUT2D eigenvalue weighted by atomic mass is 9.99. The zero-order valence-corrected chi connectivity index (χ0v) is 30.5. The maximum absolute atomic E-state index is 6.27. The van der Waals surface area contributed by atoms with E-state index in [0.717, 1.165) is 60.9 Å². The van der Waals surface area contributed by atoms with Gasteiger partial charge in [-0.3, -0.25) is 0 Å². The fraction of sp³-hybridized carbons (Fsp3) is 0. The first-order chi connectivity index (χ1) is 27.8. The Morgan fingerprint density at radius 3 is 2.05 bits per heavy atom. The quantitative estimate of drug-likeness (QED) is 0.181.